The molecule has 0 aliphatic heterocycles. The minimum atomic E-state index is -0.680. The summed E-state index contributed by atoms with van der Waals surface area (Å²) in [6, 6.07) is 0. The van der Waals surface area contributed by atoms with Crippen LogP contribution in [0, 0.1) is 10.1 Å². The van der Waals surface area contributed by atoms with Crippen molar-refractivity contribution < 1.29 is 14.8 Å². The first-order valence-electron chi connectivity index (χ1n) is 5.55. The molecule has 0 saturated heterocycles. The quantitative estimate of drug-likeness (QED) is 0.417. The van der Waals surface area contributed by atoms with E-state index in [1.807, 2.05) is 0 Å². The van der Waals surface area contributed by atoms with Gasteiger partial charge in [0, 0.05) is 6.61 Å². The number of nitrogens with zero attached hydrogens (tertiary/aromatic N) is 3. The normalized spacial score (nSPS) is 12.6. The fraction of sp³-hybridized carbons (Fsp3) is 0.700. The van der Waals surface area contributed by atoms with Crippen LogP contribution < -0.4 is 0 Å². The van der Waals surface area contributed by atoms with E-state index < -0.39 is 11.0 Å². The van der Waals surface area contributed by atoms with Gasteiger partial charge in [-0.2, -0.15) is 0 Å². The molecular formula is C10H17N3O4. The summed E-state index contributed by atoms with van der Waals surface area (Å²) in [5, 5.41) is 20.0. The summed E-state index contributed by atoms with van der Waals surface area (Å²) in [5.41, 5.74) is 0. The van der Waals surface area contributed by atoms with Crippen molar-refractivity contribution in [1.82, 2.24) is 9.55 Å². The van der Waals surface area contributed by atoms with E-state index in [1.165, 1.54) is 17.1 Å². The van der Waals surface area contributed by atoms with Gasteiger partial charge in [-0.05, 0) is 16.3 Å². The lowest BCUT2D eigenvalue weighted by atomic mass is 10.3. The van der Waals surface area contributed by atoms with Gasteiger partial charge in [-0.25, -0.2) is 0 Å². The third kappa shape index (κ3) is 4.92. The summed E-state index contributed by atoms with van der Waals surface area (Å²) in [4.78, 5) is 13.4. The number of hydrogen-bond acceptors (Lipinski definition) is 5. The van der Waals surface area contributed by atoms with Crippen LogP contribution in [0.5, 0.6) is 0 Å². The van der Waals surface area contributed by atoms with Crippen LogP contribution in [0.1, 0.15) is 19.8 Å². The van der Waals surface area contributed by atoms with Gasteiger partial charge in [-0.15, -0.1) is 0 Å². The topological polar surface area (TPSA) is 90.4 Å². The number of aromatic nitrogens is 2. The summed E-state index contributed by atoms with van der Waals surface area (Å²) < 4.78 is 6.72. The lowest BCUT2D eigenvalue weighted by molar-refractivity contribution is -0.389. The Bertz CT molecular complexity index is 353. The van der Waals surface area contributed by atoms with Crippen molar-refractivity contribution in [1.29, 1.82) is 0 Å². The number of imidazole rings is 1. The van der Waals surface area contributed by atoms with Crippen molar-refractivity contribution in [3.05, 3.63) is 22.6 Å². The maximum atomic E-state index is 10.4. The molecule has 1 unspecified atom stereocenters. The molecule has 1 aromatic heterocycles. The van der Waals surface area contributed by atoms with E-state index in [-0.39, 0.29) is 19.0 Å². The second-order valence-corrected chi connectivity index (χ2v) is 3.77. The van der Waals surface area contributed by atoms with Gasteiger partial charge in [-0.1, -0.05) is 13.3 Å². The minimum Gasteiger partial charge on any atom is -0.389 e. The maximum Gasteiger partial charge on any atom is 0.381 e. The van der Waals surface area contributed by atoms with E-state index in [0.717, 1.165) is 12.8 Å². The highest BCUT2D eigenvalue weighted by Gasteiger charge is 2.12. The second kappa shape index (κ2) is 6.97. The van der Waals surface area contributed by atoms with Crippen LogP contribution in [0.3, 0.4) is 0 Å². The highest BCUT2D eigenvalue weighted by molar-refractivity contribution is 5.12. The molecule has 0 saturated carbocycles. The summed E-state index contributed by atoms with van der Waals surface area (Å²) >= 11 is 0. The third-order valence-electron chi connectivity index (χ3n) is 2.18. The van der Waals surface area contributed by atoms with Gasteiger partial charge in [0.25, 0.3) is 0 Å². The summed E-state index contributed by atoms with van der Waals surface area (Å²) in [6.45, 7) is 3.15. The summed E-state index contributed by atoms with van der Waals surface area (Å²) in [7, 11) is 0. The van der Waals surface area contributed by atoms with Crippen LogP contribution in [0.4, 0.5) is 5.82 Å². The molecule has 0 amide bonds. The molecule has 17 heavy (non-hydrogen) atoms. The zero-order valence-corrected chi connectivity index (χ0v) is 9.78. The number of hydrogen-bond donors (Lipinski definition) is 1. The Kier molecular flexibility index (Phi) is 5.58. The van der Waals surface area contributed by atoms with Gasteiger partial charge in [0.15, 0.2) is 0 Å². The smallest absolute Gasteiger partial charge is 0.381 e. The van der Waals surface area contributed by atoms with Crippen molar-refractivity contribution in [2.24, 2.45) is 0 Å². The number of nitro groups is 1. The molecule has 7 heteroatoms. The van der Waals surface area contributed by atoms with Crippen LogP contribution >= 0.6 is 0 Å². The van der Waals surface area contributed by atoms with Gasteiger partial charge in [0.1, 0.15) is 6.20 Å². The molecule has 96 valence electrons. The van der Waals surface area contributed by atoms with Crippen LogP contribution in [0.2, 0.25) is 0 Å². The van der Waals surface area contributed by atoms with Crippen molar-refractivity contribution >= 4 is 5.82 Å². The maximum absolute atomic E-state index is 10.4. The zero-order chi connectivity index (χ0) is 12.7. The van der Waals surface area contributed by atoms with Crippen LogP contribution in [0.25, 0.3) is 0 Å². The van der Waals surface area contributed by atoms with Gasteiger partial charge < -0.3 is 24.5 Å². The average Bonchev–Trinajstić information content (AvgIpc) is 2.73. The second-order valence-electron chi connectivity index (χ2n) is 3.77. The molecule has 0 bridgehead atoms. The number of unbranched alkanes of at least 4 members (excludes halogenated alkanes) is 1. The van der Waals surface area contributed by atoms with E-state index in [0.29, 0.717) is 6.61 Å². The molecule has 0 radical (unpaired) electrons. The molecule has 1 rings (SSSR count). The standard InChI is InChI=1S/C10H17N3O4/c1-2-3-4-17-7-9(14)5-12-6-10(11-8-12)13(15)16/h6,8-9,14H,2-5,7H2,1H3. The summed E-state index contributed by atoms with van der Waals surface area (Å²) in [6.07, 6.45) is 3.94. The van der Waals surface area contributed by atoms with E-state index >= 15 is 0 Å². The molecule has 0 spiro atoms. The van der Waals surface area contributed by atoms with Gasteiger partial charge >= 0.3 is 5.82 Å². The van der Waals surface area contributed by atoms with Gasteiger partial charge in [0.05, 0.1) is 19.3 Å². The molecule has 0 aromatic carbocycles. The lowest BCUT2D eigenvalue weighted by Crippen LogP contribution is -2.21. The molecule has 7 nitrogen and oxygen atoms in total. The van der Waals surface area contributed by atoms with E-state index in [4.69, 9.17) is 4.74 Å². The molecule has 1 aromatic rings. The van der Waals surface area contributed by atoms with Gasteiger partial charge in [0.2, 0.25) is 6.33 Å². The van der Waals surface area contributed by atoms with E-state index in [9.17, 15) is 15.2 Å². The van der Waals surface area contributed by atoms with Crippen LogP contribution in [0.15, 0.2) is 12.5 Å². The fourth-order valence-electron chi connectivity index (χ4n) is 1.30. The zero-order valence-electron chi connectivity index (χ0n) is 9.78. The molecule has 1 atom stereocenters. The Balaban J connectivity index is 2.29. The van der Waals surface area contributed by atoms with E-state index in [2.05, 4.69) is 11.9 Å². The SMILES string of the molecule is CCCCOCC(O)Cn1cnc([N+](=O)[O-])c1. The Hall–Kier alpha value is -1.47. The number of aliphatic hydroxyl groups is 1. The summed E-state index contributed by atoms with van der Waals surface area (Å²) in [5.74, 6) is -0.218. The number of rotatable bonds is 8. The van der Waals surface area contributed by atoms with Crippen LogP contribution in [-0.2, 0) is 11.3 Å². The Labute approximate surface area is 99.2 Å². The van der Waals surface area contributed by atoms with Gasteiger partial charge in [-0.3, -0.25) is 0 Å². The van der Waals surface area contributed by atoms with Crippen molar-refractivity contribution in [3.8, 4) is 0 Å². The lowest BCUT2D eigenvalue weighted by Gasteiger charge is -2.10. The molecule has 1 heterocycles. The first-order chi connectivity index (χ1) is 8.13. The monoisotopic (exact) mass is 243 g/mol. The average molecular weight is 243 g/mol. The molecule has 1 N–H and O–H groups in total. The predicted molar refractivity (Wildman–Crippen MR) is 60.6 cm³/mol. The first-order valence-corrected chi connectivity index (χ1v) is 5.55. The first kappa shape index (κ1) is 13.6. The third-order valence-corrected chi connectivity index (χ3v) is 2.18. The predicted octanol–water partition coefficient (Wildman–Crippen LogP) is 0.969. The molecule has 0 aliphatic carbocycles. The highest BCUT2D eigenvalue weighted by Crippen LogP contribution is 2.06. The minimum absolute atomic E-state index is 0.218. The molecule has 0 aliphatic rings. The van der Waals surface area contributed by atoms with Crippen LogP contribution in [-0.4, -0.2) is 38.9 Å². The van der Waals surface area contributed by atoms with Crippen molar-refractivity contribution in [3.63, 3.8) is 0 Å². The highest BCUT2D eigenvalue weighted by atomic mass is 16.6. The Morgan fingerprint density at radius 3 is 3.06 bits per heavy atom. The Morgan fingerprint density at radius 2 is 2.47 bits per heavy atom. The Morgan fingerprint density at radius 1 is 1.71 bits per heavy atom. The molecular weight excluding hydrogens is 226 g/mol. The fourth-order valence-corrected chi connectivity index (χ4v) is 1.30. The van der Waals surface area contributed by atoms with E-state index in [1.54, 1.807) is 0 Å². The van der Waals surface area contributed by atoms with Crippen molar-refractivity contribution in [2.75, 3.05) is 13.2 Å². The van der Waals surface area contributed by atoms with Crippen molar-refractivity contribution in [2.45, 2.75) is 32.4 Å². The largest absolute Gasteiger partial charge is 0.389 e. The molecule has 0 fully saturated rings. The number of ether oxygens (including phenoxy) is 1. The number of aliphatic hydroxyl groups excluding tert-OH is 1.